The van der Waals surface area contributed by atoms with Crippen LogP contribution in [0.5, 0.6) is 0 Å². The van der Waals surface area contributed by atoms with Crippen LogP contribution in [-0.2, 0) is 19.2 Å². The van der Waals surface area contributed by atoms with Crippen LogP contribution in [0, 0.1) is 0 Å². The van der Waals surface area contributed by atoms with E-state index < -0.39 is 29.8 Å². The fourth-order valence-electron chi connectivity index (χ4n) is 1.61. The predicted octanol–water partition coefficient (Wildman–Crippen LogP) is 0.0670. The quantitative estimate of drug-likeness (QED) is 0.343. The van der Waals surface area contributed by atoms with E-state index in [-0.39, 0.29) is 12.4 Å². The molecule has 10 heteroatoms. The highest BCUT2D eigenvalue weighted by Gasteiger charge is 2.61. The highest BCUT2D eigenvalue weighted by Crippen LogP contribution is 2.23. The minimum atomic E-state index is -3.26. The maximum atomic E-state index is 14.7. The Balaban J connectivity index is 2.17. The number of furan rings is 1. The molecule has 1 aliphatic rings. The summed E-state index contributed by atoms with van der Waals surface area (Å²) in [6.45, 7) is 1.28. The third-order valence-electron chi connectivity index (χ3n) is 2.64. The van der Waals surface area contributed by atoms with Crippen molar-refractivity contribution >= 4 is 24.1 Å². The Labute approximate surface area is 123 Å². The number of rotatable bonds is 5. The number of hydrogen-bond donors (Lipinski definition) is 2. The van der Waals surface area contributed by atoms with Crippen molar-refractivity contribution in [2.24, 2.45) is 5.16 Å². The number of nitrogens with one attached hydrogen (secondary N) is 2. The molecule has 2 rings (SSSR count). The number of oxime groups is 1. The van der Waals surface area contributed by atoms with E-state index >= 15 is 0 Å². The van der Waals surface area contributed by atoms with Crippen LogP contribution in [0.15, 0.2) is 28.0 Å². The molecule has 3 amide bonds. The zero-order valence-electron chi connectivity index (χ0n) is 11.4. The normalized spacial score (nSPS) is 24.7. The van der Waals surface area contributed by atoms with Crippen molar-refractivity contribution in [3.63, 3.8) is 0 Å². The molecular formula is C12H12FN3O6. The minimum Gasteiger partial charge on any atom is -0.463 e. The second kappa shape index (κ2) is 6.24. The largest absolute Gasteiger partial charge is 0.463 e. The Morgan fingerprint density at radius 2 is 2.36 bits per heavy atom. The number of nitrogens with zero attached hydrogens (tertiary/aromatic N) is 1. The van der Waals surface area contributed by atoms with E-state index in [1.807, 2.05) is 5.32 Å². The predicted molar refractivity (Wildman–Crippen MR) is 68.3 cm³/mol. The molecule has 0 spiro atoms. The summed E-state index contributed by atoms with van der Waals surface area (Å²) in [6, 6.07) is 2.09. The van der Waals surface area contributed by atoms with Gasteiger partial charge in [-0.1, -0.05) is 5.16 Å². The van der Waals surface area contributed by atoms with Crippen LogP contribution < -0.4 is 10.6 Å². The molecule has 0 aliphatic carbocycles. The number of esters is 1. The van der Waals surface area contributed by atoms with Gasteiger partial charge in [0.2, 0.25) is 0 Å². The van der Waals surface area contributed by atoms with Gasteiger partial charge >= 0.3 is 17.7 Å². The second-order valence-electron chi connectivity index (χ2n) is 4.10. The standard InChI is InChI=1S/C12H12FN3O6/c1-2-20-10(18)12(13)8(17)15-11(19)16-9(12)22-14-6-7-4-3-5-21-7/h3-6,9H,2H2,1H3,(H2,15,16,17,19). The molecule has 22 heavy (non-hydrogen) atoms. The van der Waals surface area contributed by atoms with E-state index in [2.05, 4.69) is 9.89 Å². The highest BCUT2D eigenvalue weighted by molar-refractivity contribution is 6.14. The summed E-state index contributed by atoms with van der Waals surface area (Å²) < 4.78 is 24.1. The van der Waals surface area contributed by atoms with Crippen molar-refractivity contribution in [1.29, 1.82) is 0 Å². The monoisotopic (exact) mass is 313 g/mol. The number of carbonyl (C=O) groups excluding carboxylic acids is 3. The molecule has 1 aliphatic heterocycles. The summed E-state index contributed by atoms with van der Waals surface area (Å²) in [5, 5.41) is 6.95. The van der Waals surface area contributed by atoms with Gasteiger partial charge in [-0.05, 0) is 19.1 Å². The van der Waals surface area contributed by atoms with E-state index in [9.17, 15) is 18.8 Å². The molecule has 2 atom stereocenters. The number of amides is 3. The molecular weight excluding hydrogens is 301 g/mol. The van der Waals surface area contributed by atoms with E-state index in [0.717, 1.165) is 6.21 Å². The molecule has 1 aromatic heterocycles. The number of imide groups is 1. The van der Waals surface area contributed by atoms with Crippen LogP contribution in [0.4, 0.5) is 9.18 Å². The van der Waals surface area contributed by atoms with Gasteiger partial charge in [0.15, 0.2) is 0 Å². The fourth-order valence-corrected chi connectivity index (χ4v) is 1.61. The SMILES string of the molecule is CCOC(=O)C1(F)C(=O)NC(=O)NC1ON=Cc1ccco1. The van der Waals surface area contributed by atoms with Gasteiger partial charge in [0.1, 0.15) is 12.0 Å². The second-order valence-corrected chi connectivity index (χ2v) is 4.10. The molecule has 1 fully saturated rings. The summed E-state index contributed by atoms with van der Waals surface area (Å²) in [6.07, 6.45) is 0.471. The van der Waals surface area contributed by atoms with Crippen LogP contribution >= 0.6 is 0 Å². The van der Waals surface area contributed by atoms with Crippen molar-refractivity contribution in [3.8, 4) is 0 Å². The fraction of sp³-hybridized carbons (Fsp3) is 0.333. The van der Waals surface area contributed by atoms with E-state index in [1.165, 1.54) is 19.3 Å². The number of alkyl halides is 1. The van der Waals surface area contributed by atoms with Gasteiger partial charge in [-0.2, -0.15) is 0 Å². The molecule has 2 N–H and O–H groups in total. The molecule has 0 radical (unpaired) electrons. The first-order valence-electron chi connectivity index (χ1n) is 6.19. The lowest BCUT2D eigenvalue weighted by molar-refractivity contribution is -0.179. The molecule has 2 unspecified atom stereocenters. The lowest BCUT2D eigenvalue weighted by Gasteiger charge is -2.32. The third-order valence-corrected chi connectivity index (χ3v) is 2.64. The van der Waals surface area contributed by atoms with Crippen molar-refractivity contribution in [1.82, 2.24) is 10.6 Å². The van der Waals surface area contributed by atoms with Gasteiger partial charge < -0.3 is 14.0 Å². The van der Waals surface area contributed by atoms with E-state index in [1.54, 1.807) is 11.4 Å². The smallest absolute Gasteiger partial charge is 0.360 e. The van der Waals surface area contributed by atoms with Gasteiger partial charge in [-0.15, -0.1) is 0 Å². The zero-order chi connectivity index (χ0) is 16.2. The van der Waals surface area contributed by atoms with E-state index in [0.29, 0.717) is 0 Å². The average Bonchev–Trinajstić information content (AvgIpc) is 2.97. The summed E-state index contributed by atoms with van der Waals surface area (Å²) in [7, 11) is 0. The van der Waals surface area contributed by atoms with Crippen molar-refractivity contribution in [2.45, 2.75) is 18.8 Å². The Morgan fingerprint density at radius 1 is 1.59 bits per heavy atom. The Bertz CT molecular complexity index is 602. The maximum Gasteiger partial charge on any atom is 0.360 e. The number of urea groups is 1. The van der Waals surface area contributed by atoms with Gasteiger partial charge in [-0.25, -0.2) is 14.0 Å². The van der Waals surface area contributed by atoms with Crippen molar-refractivity contribution in [2.75, 3.05) is 6.61 Å². The van der Waals surface area contributed by atoms with Gasteiger partial charge in [-0.3, -0.25) is 15.4 Å². The minimum absolute atomic E-state index is 0.159. The summed E-state index contributed by atoms with van der Waals surface area (Å²) in [4.78, 5) is 39.3. The molecule has 1 saturated heterocycles. The number of halogens is 1. The van der Waals surface area contributed by atoms with Crippen LogP contribution in [-0.4, -0.2) is 42.6 Å². The molecule has 0 aromatic carbocycles. The van der Waals surface area contributed by atoms with Crippen LogP contribution in [0.2, 0.25) is 0 Å². The lowest BCUT2D eigenvalue weighted by atomic mass is 10.0. The molecule has 1 aromatic rings. The maximum absolute atomic E-state index is 14.7. The molecule has 2 heterocycles. The third kappa shape index (κ3) is 2.90. The van der Waals surface area contributed by atoms with Crippen LogP contribution in [0.25, 0.3) is 0 Å². The number of ether oxygens (including phenoxy) is 1. The molecule has 118 valence electrons. The zero-order valence-corrected chi connectivity index (χ0v) is 11.4. The number of carbonyl (C=O) groups is 3. The van der Waals surface area contributed by atoms with Crippen molar-refractivity contribution < 1.29 is 32.8 Å². The molecule has 9 nitrogen and oxygen atoms in total. The first kappa shape index (κ1) is 15.5. The lowest BCUT2D eigenvalue weighted by Crippen LogP contribution is -2.70. The Morgan fingerprint density at radius 3 is 3.00 bits per heavy atom. The van der Waals surface area contributed by atoms with Gasteiger partial charge in [0, 0.05) is 0 Å². The summed E-state index contributed by atoms with van der Waals surface area (Å²) in [5.74, 6) is -2.70. The Kier molecular flexibility index (Phi) is 4.39. The van der Waals surface area contributed by atoms with E-state index in [4.69, 9.17) is 9.25 Å². The first-order valence-corrected chi connectivity index (χ1v) is 6.19. The molecule has 0 saturated carbocycles. The van der Waals surface area contributed by atoms with Gasteiger partial charge in [0.25, 0.3) is 12.1 Å². The van der Waals surface area contributed by atoms with Crippen molar-refractivity contribution in [3.05, 3.63) is 24.2 Å². The van der Waals surface area contributed by atoms with Crippen LogP contribution in [0.1, 0.15) is 12.7 Å². The van der Waals surface area contributed by atoms with Crippen LogP contribution in [0.3, 0.4) is 0 Å². The molecule has 0 bridgehead atoms. The Hall–Kier alpha value is -2.91. The summed E-state index contributed by atoms with van der Waals surface area (Å²) >= 11 is 0. The first-order chi connectivity index (χ1) is 10.5. The van der Waals surface area contributed by atoms with Gasteiger partial charge in [0.05, 0.1) is 12.9 Å². The summed E-state index contributed by atoms with van der Waals surface area (Å²) in [5.41, 5.74) is -3.26. The number of hydrogen-bond acceptors (Lipinski definition) is 7. The average molecular weight is 313 g/mol. The topological polar surface area (TPSA) is 119 Å². The highest BCUT2D eigenvalue weighted by atomic mass is 19.1.